The number of nitrogens with one attached hydrogen (secondary N) is 1. The normalized spacial score (nSPS) is 11.2. The highest BCUT2D eigenvalue weighted by molar-refractivity contribution is 5.81. The number of rotatable bonds is 7. The Labute approximate surface area is 89.6 Å². The Balaban J connectivity index is 3.34. The molecule has 8 heteroatoms. The van der Waals surface area contributed by atoms with Crippen molar-refractivity contribution in [3.05, 3.63) is 0 Å². The predicted molar refractivity (Wildman–Crippen MR) is 46.8 cm³/mol. The minimum Gasteiger partial charge on any atom is -0.481 e. The lowest BCUT2D eigenvalue weighted by atomic mass is 10.3. The van der Waals surface area contributed by atoms with E-state index in [0.717, 1.165) is 0 Å². The van der Waals surface area contributed by atoms with Crippen molar-refractivity contribution in [3.8, 4) is 0 Å². The molecule has 0 aromatic carbocycles. The van der Waals surface area contributed by atoms with Crippen LogP contribution < -0.4 is 5.32 Å². The first-order chi connectivity index (χ1) is 7.34. The second-order valence-electron chi connectivity index (χ2n) is 2.86. The molecule has 0 fully saturated rings. The van der Waals surface area contributed by atoms with Crippen LogP contribution in [-0.2, 0) is 14.3 Å². The molecule has 0 aliphatic heterocycles. The summed E-state index contributed by atoms with van der Waals surface area (Å²) in [6.45, 7) is -0.207. The maximum absolute atomic E-state index is 11.6. The molecule has 16 heavy (non-hydrogen) atoms. The van der Waals surface area contributed by atoms with Crippen LogP contribution >= 0.6 is 0 Å². The third kappa shape index (κ3) is 8.04. The number of hydrogen-bond acceptors (Lipinski definition) is 3. The molecule has 0 aliphatic carbocycles. The first-order valence-electron chi connectivity index (χ1n) is 4.48. The number of aliphatic carboxylic acids is 1. The molecule has 0 aromatic heterocycles. The Morgan fingerprint density at radius 1 is 1.25 bits per heavy atom. The fraction of sp³-hybridized carbons (Fsp3) is 0.750. The Kier molecular flexibility index (Phi) is 6.47. The lowest BCUT2D eigenvalue weighted by Gasteiger charge is -2.07. The fourth-order valence-electron chi connectivity index (χ4n) is 0.764. The lowest BCUT2D eigenvalue weighted by molar-refractivity contribution is -0.173. The van der Waals surface area contributed by atoms with Gasteiger partial charge >= 0.3 is 18.1 Å². The highest BCUT2D eigenvalue weighted by atomic mass is 19.4. The smallest absolute Gasteiger partial charge is 0.471 e. The number of carbonyl (C=O) groups excluding carboxylic acids is 1. The van der Waals surface area contributed by atoms with E-state index in [4.69, 9.17) is 9.84 Å². The van der Waals surface area contributed by atoms with Gasteiger partial charge in [-0.1, -0.05) is 0 Å². The van der Waals surface area contributed by atoms with Gasteiger partial charge in [-0.3, -0.25) is 9.59 Å². The summed E-state index contributed by atoms with van der Waals surface area (Å²) in [6.07, 6.45) is -4.67. The topological polar surface area (TPSA) is 75.6 Å². The van der Waals surface area contributed by atoms with Gasteiger partial charge in [-0.25, -0.2) is 0 Å². The van der Waals surface area contributed by atoms with Crippen LogP contribution in [0.5, 0.6) is 0 Å². The Bertz CT molecular complexity index is 242. The molecule has 0 heterocycles. The Morgan fingerprint density at radius 2 is 1.88 bits per heavy atom. The zero-order chi connectivity index (χ0) is 12.6. The zero-order valence-electron chi connectivity index (χ0n) is 8.34. The zero-order valence-corrected chi connectivity index (χ0v) is 8.34. The van der Waals surface area contributed by atoms with Crippen molar-refractivity contribution >= 4 is 11.9 Å². The van der Waals surface area contributed by atoms with E-state index in [1.807, 2.05) is 0 Å². The van der Waals surface area contributed by atoms with Crippen molar-refractivity contribution in [2.24, 2.45) is 0 Å². The molecule has 0 atom stereocenters. The van der Waals surface area contributed by atoms with Crippen molar-refractivity contribution < 1.29 is 32.6 Å². The van der Waals surface area contributed by atoms with E-state index in [1.54, 1.807) is 5.32 Å². The molecule has 0 spiro atoms. The first-order valence-corrected chi connectivity index (χ1v) is 4.48. The van der Waals surface area contributed by atoms with Gasteiger partial charge < -0.3 is 15.2 Å². The van der Waals surface area contributed by atoms with Crippen LogP contribution in [0.4, 0.5) is 13.2 Å². The summed E-state index contributed by atoms with van der Waals surface area (Å²) in [7, 11) is 0. The van der Waals surface area contributed by atoms with Crippen LogP contribution in [0.15, 0.2) is 0 Å². The second-order valence-corrected chi connectivity index (χ2v) is 2.86. The number of alkyl halides is 3. The molecular formula is C8H12F3NO4. The predicted octanol–water partition coefficient (Wildman–Crippen LogP) is 0.546. The lowest BCUT2D eigenvalue weighted by Crippen LogP contribution is -2.38. The summed E-state index contributed by atoms with van der Waals surface area (Å²) < 4.78 is 39.8. The van der Waals surface area contributed by atoms with Gasteiger partial charge in [0.25, 0.3) is 0 Å². The molecule has 0 unspecified atom stereocenters. The quantitative estimate of drug-likeness (QED) is 0.640. The molecule has 0 saturated carbocycles. The van der Waals surface area contributed by atoms with Gasteiger partial charge in [0.2, 0.25) is 0 Å². The summed E-state index contributed by atoms with van der Waals surface area (Å²) in [5.41, 5.74) is 0. The van der Waals surface area contributed by atoms with Crippen molar-refractivity contribution in [1.82, 2.24) is 5.32 Å². The molecule has 0 aliphatic rings. The number of hydrogen-bond donors (Lipinski definition) is 2. The molecule has 1 amide bonds. The van der Waals surface area contributed by atoms with Crippen LogP contribution in [0.2, 0.25) is 0 Å². The number of halogens is 3. The van der Waals surface area contributed by atoms with Crippen molar-refractivity contribution in [3.63, 3.8) is 0 Å². The third-order valence-electron chi connectivity index (χ3n) is 1.47. The Hall–Kier alpha value is -1.31. The van der Waals surface area contributed by atoms with Gasteiger partial charge in [-0.05, 0) is 6.42 Å². The molecule has 0 aromatic rings. The molecule has 5 nitrogen and oxygen atoms in total. The molecule has 0 rings (SSSR count). The minimum atomic E-state index is -4.89. The standard InChI is InChI=1S/C8H12F3NO4/c9-8(10,11)7(15)12-3-5-16-4-1-2-6(13)14/h1-5H2,(H,12,15)(H,13,14). The van der Waals surface area contributed by atoms with Gasteiger partial charge in [-0.2, -0.15) is 13.2 Å². The number of carbonyl (C=O) groups is 2. The van der Waals surface area contributed by atoms with Crippen molar-refractivity contribution in [2.75, 3.05) is 19.8 Å². The second kappa shape index (κ2) is 7.04. The summed E-state index contributed by atoms with van der Waals surface area (Å²) in [5.74, 6) is -2.98. The third-order valence-corrected chi connectivity index (χ3v) is 1.47. The highest BCUT2D eigenvalue weighted by Gasteiger charge is 2.38. The number of amides is 1. The minimum absolute atomic E-state index is 0.0606. The van der Waals surface area contributed by atoms with E-state index < -0.39 is 18.1 Å². The van der Waals surface area contributed by atoms with Crippen LogP contribution in [-0.4, -0.2) is 42.9 Å². The molecule has 0 radical (unpaired) electrons. The largest absolute Gasteiger partial charge is 0.481 e. The van der Waals surface area contributed by atoms with Gasteiger partial charge in [0.05, 0.1) is 6.61 Å². The fourth-order valence-corrected chi connectivity index (χ4v) is 0.764. The molecule has 0 saturated heterocycles. The highest BCUT2D eigenvalue weighted by Crippen LogP contribution is 2.13. The van der Waals surface area contributed by atoms with Gasteiger partial charge in [-0.15, -0.1) is 0 Å². The molecule has 0 bridgehead atoms. The maximum atomic E-state index is 11.6. The molecular weight excluding hydrogens is 231 g/mol. The van der Waals surface area contributed by atoms with Gasteiger partial charge in [0.1, 0.15) is 0 Å². The van der Waals surface area contributed by atoms with E-state index >= 15 is 0 Å². The van der Waals surface area contributed by atoms with E-state index in [9.17, 15) is 22.8 Å². The molecule has 94 valence electrons. The summed E-state index contributed by atoms with van der Waals surface area (Å²) in [4.78, 5) is 20.3. The van der Waals surface area contributed by atoms with E-state index in [0.29, 0.717) is 0 Å². The first kappa shape index (κ1) is 14.7. The molecule has 2 N–H and O–H groups in total. The monoisotopic (exact) mass is 243 g/mol. The number of ether oxygens (including phenoxy) is 1. The van der Waals surface area contributed by atoms with E-state index in [-0.39, 0.29) is 32.6 Å². The van der Waals surface area contributed by atoms with Crippen molar-refractivity contribution in [2.45, 2.75) is 19.0 Å². The van der Waals surface area contributed by atoms with Crippen LogP contribution in [0.1, 0.15) is 12.8 Å². The number of carboxylic acids is 1. The van der Waals surface area contributed by atoms with Gasteiger partial charge in [0.15, 0.2) is 0 Å². The Morgan fingerprint density at radius 3 is 2.38 bits per heavy atom. The summed E-state index contributed by atoms with van der Waals surface area (Å²) in [5, 5.41) is 9.86. The van der Waals surface area contributed by atoms with E-state index in [2.05, 4.69) is 0 Å². The summed E-state index contributed by atoms with van der Waals surface area (Å²) in [6, 6.07) is 0. The van der Waals surface area contributed by atoms with Crippen molar-refractivity contribution in [1.29, 1.82) is 0 Å². The van der Waals surface area contributed by atoms with E-state index in [1.165, 1.54) is 0 Å². The SMILES string of the molecule is O=C(O)CCCOCCNC(=O)C(F)(F)F. The van der Waals surface area contributed by atoms with Crippen LogP contribution in [0.3, 0.4) is 0 Å². The average molecular weight is 243 g/mol. The van der Waals surface area contributed by atoms with Crippen LogP contribution in [0, 0.1) is 0 Å². The number of carboxylic acid groups (broad SMARTS) is 1. The summed E-state index contributed by atoms with van der Waals surface area (Å²) >= 11 is 0. The average Bonchev–Trinajstić information content (AvgIpc) is 2.14. The maximum Gasteiger partial charge on any atom is 0.471 e. The van der Waals surface area contributed by atoms with Gasteiger partial charge in [0, 0.05) is 19.6 Å². The van der Waals surface area contributed by atoms with Crippen LogP contribution in [0.25, 0.3) is 0 Å².